The molecule has 0 radical (unpaired) electrons. The summed E-state index contributed by atoms with van der Waals surface area (Å²) >= 11 is 0. The average molecular weight is 271 g/mol. The van der Waals surface area contributed by atoms with Crippen molar-refractivity contribution in [1.29, 1.82) is 0 Å². The van der Waals surface area contributed by atoms with Gasteiger partial charge in [-0.1, -0.05) is 38.1 Å². The average Bonchev–Trinajstić information content (AvgIpc) is 2.77. The van der Waals surface area contributed by atoms with Gasteiger partial charge in [0.1, 0.15) is 6.04 Å². The van der Waals surface area contributed by atoms with Crippen LogP contribution in [0.3, 0.4) is 0 Å². The van der Waals surface area contributed by atoms with Gasteiger partial charge in [-0.2, -0.15) is 13.2 Å². The lowest BCUT2D eigenvalue weighted by Gasteiger charge is -2.26. The van der Waals surface area contributed by atoms with Crippen molar-refractivity contribution >= 4 is 0 Å². The van der Waals surface area contributed by atoms with Gasteiger partial charge >= 0.3 is 6.18 Å². The van der Waals surface area contributed by atoms with Gasteiger partial charge in [0, 0.05) is 6.54 Å². The SMILES string of the molecule is CC(C)c1ccc(CN2CCC[C@@H]2C(F)(F)F)cc1. The van der Waals surface area contributed by atoms with Crippen LogP contribution in [-0.4, -0.2) is 23.7 Å². The first kappa shape index (κ1) is 14.4. The molecule has 0 unspecified atom stereocenters. The van der Waals surface area contributed by atoms with Crippen LogP contribution in [0.2, 0.25) is 0 Å². The predicted octanol–water partition coefficient (Wildman–Crippen LogP) is 4.34. The smallest absolute Gasteiger partial charge is 0.288 e. The molecule has 0 amide bonds. The first-order valence-electron chi connectivity index (χ1n) is 6.77. The van der Waals surface area contributed by atoms with Crippen LogP contribution in [0.4, 0.5) is 13.2 Å². The molecule has 1 fully saturated rings. The van der Waals surface area contributed by atoms with Crippen molar-refractivity contribution in [3.05, 3.63) is 35.4 Å². The van der Waals surface area contributed by atoms with Crippen molar-refractivity contribution in [3.8, 4) is 0 Å². The Morgan fingerprint density at radius 3 is 2.37 bits per heavy atom. The molecule has 106 valence electrons. The van der Waals surface area contributed by atoms with Gasteiger partial charge in [-0.05, 0) is 36.4 Å². The molecule has 2 rings (SSSR count). The molecule has 0 saturated carbocycles. The maximum Gasteiger partial charge on any atom is 0.404 e. The zero-order valence-electron chi connectivity index (χ0n) is 11.4. The summed E-state index contributed by atoms with van der Waals surface area (Å²) in [5.41, 5.74) is 2.18. The molecule has 1 nitrogen and oxygen atoms in total. The summed E-state index contributed by atoms with van der Waals surface area (Å²) in [6, 6.07) is 6.65. The molecule has 1 aromatic carbocycles. The van der Waals surface area contributed by atoms with Crippen LogP contribution < -0.4 is 0 Å². The molecule has 19 heavy (non-hydrogen) atoms. The number of likely N-dealkylation sites (tertiary alicyclic amines) is 1. The summed E-state index contributed by atoms with van der Waals surface area (Å²) in [5, 5.41) is 0. The largest absolute Gasteiger partial charge is 0.404 e. The lowest BCUT2D eigenvalue weighted by atomic mass is 10.0. The van der Waals surface area contributed by atoms with Gasteiger partial charge in [0.25, 0.3) is 0 Å². The molecule has 0 aliphatic carbocycles. The van der Waals surface area contributed by atoms with Gasteiger partial charge in [-0.15, -0.1) is 0 Å². The first-order valence-corrected chi connectivity index (χ1v) is 6.77. The molecule has 0 aromatic heterocycles. The maximum absolute atomic E-state index is 12.8. The monoisotopic (exact) mass is 271 g/mol. The third kappa shape index (κ3) is 3.50. The molecule has 1 saturated heterocycles. The fourth-order valence-corrected chi connectivity index (χ4v) is 2.63. The van der Waals surface area contributed by atoms with Crippen LogP contribution in [0.15, 0.2) is 24.3 Å². The maximum atomic E-state index is 12.8. The van der Waals surface area contributed by atoms with Gasteiger partial charge in [0.05, 0.1) is 0 Å². The van der Waals surface area contributed by atoms with E-state index in [1.807, 2.05) is 24.3 Å². The number of alkyl halides is 3. The minimum atomic E-state index is -4.10. The summed E-state index contributed by atoms with van der Waals surface area (Å²) in [6.07, 6.45) is -3.24. The number of hydrogen-bond acceptors (Lipinski definition) is 1. The molecule has 0 N–H and O–H groups in total. The van der Waals surface area contributed by atoms with Crippen LogP contribution in [-0.2, 0) is 6.54 Å². The Balaban J connectivity index is 2.04. The molecule has 1 atom stereocenters. The molecule has 1 aromatic rings. The van der Waals surface area contributed by atoms with E-state index in [0.717, 1.165) is 5.56 Å². The Hall–Kier alpha value is -1.03. The minimum Gasteiger partial charge on any atom is -0.288 e. The van der Waals surface area contributed by atoms with Crippen LogP contribution in [0, 0.1) is 0 Å². The highest BCUT2D eigenvalue weighted by atomic mass is 19.4. The van der Waals surface area contributed by atoms with E-state index in [2.05, 4.69) is 13.8 Å². The highest BCUT2D eigenvalue weighted by Crippen LogP contribution is 2.33. The van der Waals surface area contributed by atoms with Gasteiger partial charge in [-0.3, -0.25) is 4.90 Å². The quantitative estimate of drug-likeness (QED) is 0.790. The summed E-state index contributed by atoms with van der Waals surface area (Å²) in [5.74, 6) is 0.448. The van der Waals surface area contributed by atoms with Crippen molar-refractivity contribution in [2.45, 2.75) is 51.4 Å². The highest BCUT2D eigenvalue weighted by molar-refractivity contribution is 5.24. The fraction of sp³-hybridized carbons (Fsp3) is 0.600. The molecule has 4 heteroatoms. The third-order valence-corrected chi connectivity index (χ3v) is 3.77. The van der Waals surface area contributed by atoms with Gasteiger partial charge < -0.3 is 0 Å². The van der Waals surface area contributed by atoms with E-state index in [0.29, 0.717) is 25.4 Å². The predicted molar refractivity (Wildman–Crippen MR) is 70.0 cm³/mol. The van der Waals surface area contributed by atoms with Crippen molar-refractivity contribution in [1.82, 2.24) is 4.90 Å². The summed E-state index contributed by atoms with van der Waals surface area (Å²) < 4.78 is 38.5. The van der Waals surface area contributed by atoms with E-state index in [1.54, 1.807) is 4.90 Å². The number of rotatable bonds is 3. The molecule has 1 aliphatic rings. The topological polar surface area (TPSA) is 3.24 Å². The van der Waals surface area contributed by atoms with E-state index in [9.17, 15) is 13.2 Å². The number of nitrogens with zero attached hydrogens (tertiary/aromatic N) is 1. The number of benzene rings is 1. The van der Waals surface area contributed by atoms with Crippen LogP contribution in [0.1, 0.15) is 43.7 Å². The van der Waals surface area contributed by atoms with Gasteiger partial charge in [-0.25, -0.2) is 0 Å². The van der Waals surface area contributed by atoms with Crippen molar-refractivity contribution in [2.24, 2.45) is 0 Å². The zero-order chi connectivity index (χ0) is 14.0. The van der Waals surface area contributed by atoms with Crippen molar-refractivity contribution in [3.63, 3.8) is 0 Å². The Kier molecular flexibility index (Phi) is 4.19. The van der Waals surface area contributed by atoms with Crippen LogP contribution >= 0.6 is 0 Å². The van der Waals surface area contributed by atoms with E-state index in [4.69, 9.17) is 0 Å². The third-order valence-electron chi connectivity index (χ3n) is 3.77. The highest BCUT2D eigenvalue weighted by Gasteiger charge is 2.45. The van der Waals surface area contributed by atoms with E-state index >= 15 is 0 Å². The first-order chi connectivity index (χ1) is 8.88. The molecular formula is C15H20F3N. The van der Waals surface area contributed by atoms with E-state index < -0.39 is 12.2 Å². The normalized spacial score (nSPS) is 21.3. The van der Waals surface area contributed by atoms with E-state index in [-0.39, 0.29) is 6.42 Å². The molecule has 1 aliphatic heterocycles. The molecule has 0 spiro atoms. The summed E-state index contributed by atoms with van der Waals surface area (Å²) in [6.45, 7) is 5.14. The fourth-order valence-electron chi connectivity index (χ4n) is 2.63. The zero-order valence-corrected chi connectivity index (χ0v) is 11.4. The van der Waals surface area contributed by atoms with Crippen LogP contribution in [0.5, 0.6) is 0 Å². The number of halogens is 3. The van der Waals surface area contributed by atoms with Crippen molar-refractivity contribution in [2.75, 3.05) is 6.54 Å². The lowest BCUT2D eigenvalue weighted by Crippen LogP contribution is -2.40. The second kappa shape index (κ2) is 5.53. The second-order valence-electron chi connectivity index (χ2n) is 5.57. The van der Waals surface area contributed by atoms with Gasteiger partial charge in [0.15, 0.2) is 0 Å². The Bertz CT molecular complexity index is 408. The Morgan fingerprint density at radius 1 is 1.21 bits per heavy atom. The molecular weight excluding hydrogens is 251 g/mol. The second-order valence-corrected chi connectivity index (χ2v) is 5.57. The molecule has 1 heterocycles. The Morgan fingerprint density at radius 2 is 1.84 bits per heavy atom. The van der Waals surface area contributed by atoms with Crippen molar-refractivity contribution < 1.29 is 13.2 Å². The summed E-state index contributed by atoms with van der Waals surface area (Å²) in [7, 11) is 0. The summed E-state index contributed by atoms with van der Waals surface area (Å²) in [4.78, 5) is 1.55. The molecule has 0 bridgehead atoms. The van der Waals surface area contributed by atoms with Crippen LogP contribution in [0.25, 0.3) is 0 Å². The van der Waals surface area contributed by atoms with E-state index in [1.165, 1.54) is 5.56 Å². The lowest BCUT2D eigenvalue weighted by molar-refractivity contribution is -0.177. The van der Waals surface area contributed by atoms with Gasteiger partial charge in [0.2, 0.25) is 0 Å². The number of hydrogen-bond donors (Lipinski definition) is 0. The Labute approximate surface area is 112 Å². The standard InChI is InChI=1S/C15H20F3N/c1-11(2)13-7-5-12(6-8-13)10-19-9-3-4-14(19)15(16,17)18/h5-8,11,14H,3-4,9-10H2,1-2H3/t14-/m1/s1. The minimum absolute atomic E-state index is 0.230.